The number of aliphatic imine (C=N–C) groups is 1. The molecule has 6 heteroatoms. The summed E-state index contributed by atoms with van der Waals surface area (Å²) in [6.45, 7) is 3.04. The third-order valence-electron chi connectivity index (χ3n) is 5.68. The first-order chi connectivity index (χ1) is 12.3. The number of aromatic nitrogens is 3. The van der Waals surface area contributed by atoms with E-state index < -0.39 is 0 Å². The molecule has 0 unspecified atom stereocenters. The molecular weight excluding hydrogens is 312 g/mol. The van der Waals surface area contributed by atoms with Crippen LogP contribution in [0, 0.1) is 5.41 Å². The summed E-state index contributed by atoms with van der Waals surface area (Å²) in [5, 5.41) is 10.4. The molecule has 1 saturated heterocycles. The van der Waals surface area contributed by atoms with Crippen molar-refractivity contribution >= 4 is 5.96 Å². The van der Waals surface area contributed by atoms with E-state index in [2.05, 4.69) is 48.6 Å². The Bertz CT molecular complexity index is 730. The Morgan fingerprint density at radius 1 is 1.32 bits per heavy atom. The lowest BCUT2D eigenvalue weighted by Gasteiger charge is -2.26. The number of aromatic amines is 1. The second-order valence-electron chi connectivity index (χ2n) is 7.31. The highest BCUT2D eigenvalue weighted by Gasteiger charge is 2.41. The molecule has 1 aliphatic carbocycles. The van der Waals surface area contributed by atoms with E-state index >= 15 is 0 Å². The minimum Gasteiger partial charge on any atom is -0.352 e. The van der Waals surface area contributed by atoms with E-state index in [1.807, 2.05) is 13.1 Å². The van der Waals surface area contributed by atoms with Crippen molar-refractivity contribution in [2.24, 2.45) is 10.4 Å². The monoisotopic (exact) mass is 338 g/mol. The van der Waals surface area contributed by atoms with Crippen LogP contribution in [0.3, 0.4) is 0 Å². The topological polar surface area (TPSA) is 69.2 Å². The fraction of sp³-hybridized carbons (Fsp3) is 0.526. The van der Waals surface area contributed by atoms with Crippen LogP contribution in [-0.4, -0.2) is 46.2 Å². The minimum absolute atomic E-state index is 0.559. The zero-order chi connectivity index (χ0) is 17.1. The first-order valence-corrected chi connectivity index (χ1v) is 9.18. The fourth-order valence-corrected chi connectivity index (χ4v) is 4.34. The third kappa shape index (κ3) is 3.38. The zero-order valence-corrected chi connectivity index (χ0v) is 14.8. The molecular formula is C19H26N6. The number of likely N-dealkylation sites (tertiary alicyclic amines) is 1. The van der Waals surface area contributed by atoms with E-state index in [4.69, 9.17) is 0 Å². The van der Waals surface area contributed by atoms with Crippen LogP contribution in [0.4, 0.5) is 0 Å². The van der Waals surface area contributed by atoms with Crippen molar-refractivity contribution in [2.45, 2.75) is 38.6 Å². The van der Waals surface area contributed by atoms with Crippen LogP contribution >= 0.6 is 0 Å². The third-order valence-corrected chi connectivity index (χ3v) is 5.68. The molecule has 2 fully saturated rings. The molecule has 1 aromatic heterocycles. The standard InChI is InChI=1S/C19H26N6/c1-20-18(25-10-9-19(13-25)7-2-3-8-19)21-12-15-5-4-6-16(11-15)17-22-14-23-24-17/h4-6,11,14H,2-3,7-10,12-13H2,1H3,(H,20,21)(H,22,23,24). The van der Waals surface area contributed by atoms with Gasteiger partial charge in [0.1, 0.15) is 6.33 Å². The maximum absolute atomic E-state index is 4.51. The SMILES string of the molecule is CN=C(NCc1cccc(-c2ncn[nH]2)c1)N1CCC2(CCCC2)C1. The molecule has 2 aromatic rings. The molecule has 132 valence electrons. The molecule has 2 N–H and O–H groups in total. The lowest BCUT2D eigenvalue weighted by atomic mass is 9.86. The zero-order valence-electron chi connectivity index (χ0n) is 14.8. The number of H-pyrrole nitrogens is 1. The van der Waals surface area contributed by atoms with Gasteiger partial charge < -0.3 is 10.2 Å². The Kier molecular flexibility index (Phi) is 4.42. The van der Waals surface area contributed by atoms with Crippen molar-refractivity contribution in [1.82, 2.24) is 25.4 Å². The molecule has 4 rings (SSSR count). The first kappa shape index (κ1) is 16.1. The summed E-state index contributed by atoms with van der Waals surface area (Å²) in [4.78, 5) is 11.2. The van der Waals surface area contributed by atoms with E-state index in [0.29, 0.717) is 5.41 Å². The van der Waals surface area contributed by atoms with Crippen molar-refractivity contribution in [1.29, 1.82) is 0 Å². The number of benzene rings is 1. The molecule has 2 heterocycles. The highest BCUT2D eigenvalue weighted by atomic mass is 15.3. The van der Waals surface area contributed by atoms with Gasteiger partial charge >= 0.3 is 0 Å². The van der Waals surface area contributed by atoms with Gasteiger partial charge in [0.15, 0.2) is 11.8 Å². The van der Waals surface area contributed by atoms with E-state index in [9.17, 15) is 0 Å². The highest BCUT2D eigenvalue weighted by molar-refractivity contribution is 5.80. The van der Waals surface area contributed by atoms with E-state index in [1.165, 1.54) is 44.0 Å². The Labute approximate surface area is 148 Å². The maximum Gasteiger partial charge on any atom is 0.193 e. The van der Waals surface area contributed by atoms with Gasteiger partial charge in [-0.2, -0.15) is 5.10 Å². The number of hydrogen-bond acceptors (Lipinski definition) is 3. The van der Waals surface area contributed by atoms with Gasteiger partial charge in [-0.05, 0) is 36.3 Å². The number of hydrogen-bond donors (Lipinski definition) is 2. The molecule has 0 atom stereocenters. The maximum atomic E-state index is 4.51. The van der Waals surface area contributed by atoms with Gasteiger partial charge in [-0.25, -0.2) is 4.98 Å². The lowest BCUT2D eigenvalue weighted by molar-refractivity contribution is 0.309. The van der Waals surface area contributed by atoms with Crippen LogP contribution in [-0.2, 0) is 6.54 Å². The van der Waals surface area contributed by atoms with Gasteiger partial charge in [-0.3, -0.25) is 10.1 Å². The van der Waals surface area contributed by atoms with Crippen molar-refractivity contribution in [3.8, 4) is 11.4 Å². The van der Waals surface area contributed by atoms with Gasteiger partial charge in [-0.1, -0.05) is 31.0 Å². The molecule has 1 spiro atoms. The van der Waals surface area contributed by atoms with Crippen molar-refractivity contribution < 1.29 is 0 Å². The summed E-state index contributed by atoms with van der Waals surface area (Å²) >= 11 is 0. The molecule has 1 aliphatic heterocycles. The summed E-state index contributed by atoms with van der Waals surface area (Å²) in [5.74, 6) is 1.82. The molecule has 25 heavy (non-hydrogen) atoms. The molecule has 2 aliphatic rings. The Morgan fingerprint density at radius 2 is 2.20 bits per heavy atom. The minimum atomic E-state index is 0.559. The van der Waals surface area contributed by atoms with Crippen LogP contribution < -0.4 is 5.32 Å². The van der Waals surface area contributed by atoms with Gasteiger partial charge in [-0.15, -0.1) is 0 Å². The Hall–Kier alpha value is -2.37. The second kappa shape index (κ2) is 6.86. The molecule has 0 radical (unpaired) electrons. The summed E-state index contributed by atoms with van der Waals surface area (Å²) < 4.78 is 0. The Balaban J connectivity index is 1.39. The summed E-state index contributed by atoms with van der Waals surface area (Å²) in [6.07, 6.45) is 8.42. The predicted octanol–water partition coefficient (Wildman–Crippen LogP) is 2.81. The van der Waals surface area contributed by atoms with Gasteiger partial charge in [0.25, 0.3) is 0 Å². The van der Waals surface area contributed by atoms with Gasteiger partial charge in [0.2, 0.25) is 0 Å². The second-order valence-corrected chi connectivity index (χ2v) is 7.31. The largest absolute Gasteiger partial charge is 0.352 e. The summed E-state index contributed by atoms with van der Waals surface area (Å²) in [7, 11) is 1.88. The Morgan fingerprint density at radius 3 is 2.96 bits per heavy atom. The number of guanidine groups is 1. The van der Waals surface area contributed by atoms with Gasteiger partial charge in [0.05, 0.1) is 0 Å². The van der Waals surface area contributed by atoms with Crippen molar-refractivity contribution in [2.75, 3.05) is 20.1 Å². The fourth-order valence-electron chi connectivity index (χ4n) is 4.34. The van der Waals surface area contributed by atoms with E-state index in [0.717, 1.165) is 37.0 Å². The quantitative estimate of drug-likeness (QED) is 0.667. The van der Waals surface area contributed by atoms with Gasteiger partial charge in [0, 0.05) is 32.2 Å². The molecule has 6 nitrogen and oxygen atoms in total. The number of rotatable bonds is 3. The van der Waals surface area contributed by atoms with Crippen LogP contribution in [0.15, 0.2) is 35.6 Å². The molecule has 0 amide bonds. The average Bonchev–Trinajstić information content (AvgIpc) is 3.40. The van der Waals surface area contributed by atoms with Crippen LogP contribution in [0.2, 0.25) is 0 Å². The van der Waals surface area contributed by atoms with Crippen LogP contribution in [0.1, 0.15) is 37.7 Å². The van der Waals surface area contributed by atoms with Crippen LogP contribution in [0.25, 0.3) is 11.4 Å². The summed E-state index contributed by atoms with van der Waals surface area (Å²) in [6, 6.07) is 8.37. The predicted molar refractivity (Wildman–Crippen MR) is 99.1 cm³/mol. The highest BCUT2D eigenvalue weighted by Crippen LogP contribution is 2.45. The van der Waals surface area contributed by atoms with Crippen molar-refractivity contribution in [3.63, 3.8) is 0 Å². The molecule has 0 bridgehead atoms. The number of nitrogens with zero attached hydrogens (tertiary/aromatic N) is 4. The van der Waals surface area contributed by atoms with E-state index in [-0.39, 0.29) is 0 Å². The normalized spacial score (nSPS) is 19.7. The van der Waals surface area contributed by atoms with Crippen molar-refractivity contribution in [3.05, 3.63) is 36.2 Å². The smallest absolute Gasteiger partial charge is 0.193 e. The first-order valence-electron chi connectivity index (χ1n) is 9.18. The number of nitrogens with one attached hydrogen (secondary N) is 2. The van der Waals surface area contributed by atoms with E-state index in [1.54, 1.807) is 0 Å². The molecule has 1 saturated carbocycles. The van der Waals surface area contributed by atoms with Crippen LogP contribution in [0.5, 0.6) is 0 Å². The lowest BCUT2D eigenvalue weighted by Crippen LogP contribution is -2.40. The molecule has 1 aromatic carbocycles. The average molecular weight is 338 g/mol. The summed E-state index contributed by atoms with van der Waals surface area (Å²) in [5.41, 5.74) is 2.83.